The fraction of sp³-hybridized carbons (Fsp3) is 0.333. The van der Waals surface area contributed by atoms with Gasteiger partial charge in [-0.25, -0.2) is 9.97 Å². The van der Waals surface area contributed by atoms with Crippen LogP contribution in [0, 0.1) is 0 Å². The monoisotopic (exact) mass is 325 g/mol. The molecule has 1 aromatic carbocycles. The maximum Gasteiger partial charge on any atom is 0.134 e. The molecule has 1 fully saturated rings. The number of hydrogen-bond acceptors (Lipinski definition) is 6. The third-order valence-corrected chi connectivity index (χ3v) is 4.12. The highest BCUT2D eigenvalue weighted by molar-refractivity contribution is 5.52. The van der Waals surface area contributed by atoms with Crippen molar-refractivity contribution in [3.05, 3.63) is 54.4 Å². The molecule has 1 aromatic heterocycles. The second-order valence-electron chi connectivity index (χ2n) is 5.89. The quantitative estimate of drug-likeness (QED) is 0.746. The van der Waals surface area contributed by atoms with Crippen LogP contribution in [0.25, 0.3) is 6.08 Å². The Labute approximate surface area is 142 Å². The lowest BCUT2D eigenvalue weighted by Gasteiger charge is -2.24. The first-order chi connectivity index (χ1) is 11.8. The number of rotatable bonds is 6. The first-order valence-corrected chi connectivity index (χ1v) is 8.18. The van der Waals surface area contributed by atoms with Gasteiger partial charge in [0.1, 0.15) is 18.0 Å². The molecule has 126 valence electrons. The molecule has 1 aliphatic rings. The number of aromatic nitrogens is 2. The molecule has 4 N–H and O–H groups in total. The Morgan fingerprint density at radius 1 is 1.29 bits per heavy atom. The molecule has 0 spiro atoms. The highest BCUT2D eigenvalue weighted by Crippen LogP contribution is 2.24. The molecule has 2 heterocycles. The largest absolute Gasteiger partial charge is 0.391 e. The fourth-order valence-electron chi connectivity index (χ4n) is 2.92. The van der Waals surface area contributed by atoms with Gasteiger partial charge in [0.25, 0.3) is 0 Å². The van der Waals surface area contributed by atoms with Crippen molar-refractivity contribution in [3.8, 4) is 0 Å². The molecule has 0 amide bonds. The fourth-order valence-corrected chi connectivity index (χ4v) is 2.92. The summed E-state index contributed by atoms with van der Waals surface area (Å²) in [5.41, 5.74) is 6.96. The predicted molar refractivity (Wildman–Crippen MR) is 96.8 cm³/mol. The molecule has 3 rings (SSSR count). The maximum absolute atomic E-state index is 9.85. The molecule has 1 aliphatic heterocycles. The summed E-state index contributed by atoms with van der Waals surface area (Å²) in [7, 11) is 0. The number of nitrogens with zero attached hydrogens (tertiary/aromatic N) is 3. The van der Waals surface area contributed by atoms with E-state index in [9.17, 15) is 5.11 Å². The summed E-state index contributed by atoms with van der Waals surface area (Å²) in [6, 6.07) is 12.2. The van der Waals surface area contributed by atoms with Crippen molar-refractivity contribution in [2.24, 2.45) is 5.73 Å². The summed E-state index contributed by atoms with van der Waals surface area (Å²) < 4.78 is 0. The van der Waals surface area contributed by atoms with E-state index in [0.29, 0.717) is 26.1 Å². The standard InChI is InChI=1S/C18H23N5O/c19-11-15-9-16(24)12-23(15)18-10-17(21-13-22-18)20-8-4-7-14-5-2-1-3-6-14/h1-7,10,13,15-16,24H,8-9,11-12,19H2,(H,20,21,22)/b7-4+/t15-,16-/m1/s1. The second kappa shape index (κ2) is 7.90. The van der Waals surface area contributed by atoms with E-state index in [1.165, 1.54) is 11.9 Å². The van der Waals surface area contributed by atoms with Crippen molar-refractivity contribution in [1.82, 2.24) is 9.97 Å². The topological polar surface area (TPSA) is 87.3 Å². The number of β-amino-alcohol motifs (C(OH)–C–C–N with tert-alkyl or cyclic N) is 1. The van der Waals surface area contributed by atoms with Gasteiger partial charge in [-0.3, -0.25) is 0 Å². The smallest absolute Gasteiger partial charge is 0.134 e. The van der Waals surface area contributed by atoms with Gasteiger partial charge in [0, 0.05) is 31.7 Å². The van der Waals surface area contributed by atoms with Crippen molar-refractivity contribution in [1.29, 1.82) is 0 Å². The molecule has 24 heavy (non-hydrogen) atoms. The van der Waals surface area contributed by atoms with Crippen LogP contribution in [-0.2, 0) is 0 Å². The van der Waals surface area contributed by atoms with Gasteiger partial charge in [-0.15, -0.1) is 0 Å². The summed E-state index contributed by atoms with van der Waals surface area (Å²) in [5.74, 6) is 1.56. The summed E-state index contributed by atoms with van der Waals surface area (Å²) in [6.45, 7) is 1.74. The molecular formula is C18H23N5O. The maximum atomic E-state index is 9.85. The van der Waals surface area contributed by atoms with E-state index in [4.69, 9.17) is 5.73 Å². The van der Waals surface area contributed by atoms with Gasteiger partial charge in [-0.2, -0.15) is 0 Å². The molecule has 6 nitrogen and oxygen atoms in total. The van der Waals surface area contributed by atoms with E-state index < -0.39 is 0 Å². The third kappa shape index (κ3) is 4.10. The molecule has 0 aliphatic carbocycles. The van der Waals surface area contributed by atoms with Crippen LogP contribution in [0.4, 0.5) is 11.6 Å². The molecule has 0 saturated carbocycles. The van der Waals surface area contributed by atoms with Gasteiger partial charge in [-0.05, 0) is 12.0 Å². The molecular weight excluding hydrogens is 302 g/mol. The van der Waals surface area contributed by atoms with Gasteiger partial charge in [0.2, 0.25) is 0 Å². The number of aliphatic hydroxyl groups excluding tert-OH is 1. The van der Waals surface area contributed by atoms with Crippen LogP contribution in [0.5, 0.6) is 0 Å². The summed E-state index contributed by atoms with van der Waals surface area (Å²) in [4.78, 5) is 10.6. The number of nitrogens with one attached hydrogen (secondary N) is 1. The predicted octanol–water partition coefficient (Wildman–Crippen LogP) is 1.50. The van der Waals surface area contributed by atoms with Crippen molar-refractivity contribution in [2.75, 3.05) is 29.9 Å². The summed E-state index contributed by atoms with van der Waals surface area (Å²) in [6.07, 6.45) is 5.99. The Balaban J connectivity index is 1.60. The van der Waals surface area contributed by atoms with E-state index in [1.807, 2.05) is 24.3 Å². The van der Waals surface area contributed by atoms with E-state index in [1.54, 1.807) is 0 Å². The lowest BCUT2D eigenvalue weighted by molar-refractivity contribution is 0.194. The Morgan fingerprint density at radius 3 is 2.92 bits per heavy atom. The van der Waals surface area contributed by atoms with Gasteiger partial charge >= 0.3 is 0 Å². The van der Waals surface area contributed by atoms with Crippen LogP contribution in [0.1, 0.15) is 12.0 Å². The van der Waals surface area contributed by atoms with Gasteiger partial charge in [-0.1, -0.05) is 42.5 Å². The van der Waals surface area contributed by atoms with Crippen LogP contribution < -0.4 is 16.0 Å². The lowest BCUT2D eigenvalue weighted by Crippen LogP contribution is -2.36. The molecule has 0 unspecified atom stereocenters. The van der Waals surface area contributed by atoms with Gasteiger partial charge in [0.15, 0.2) is 0 Å². The molecule has 1 saturated heterocycles. The Bertz CT molecular complexity index is 676. The minimum atomic E-state index is -0.348. The number of hydrogen-bond donors (Lipinski definition) is 3. The first kappa shape index (κ1) is 16.4. The molecule has 2 aromatic rings. The van der Waals surface area contributed by atoms with E-state index >= 15 is 0 Å². The SMILES string of the molecule is NC[C@H]1C[C@@H](O)CN1c1cc(NC/C=C/c2ccccc2)ncn1. The zero-order chi connectivity index (χ0) is 16.8. The number of benzene rings is 1. The first-order valence-electron chi connectivity index (χ1n) is 8.18. The minimum Gasteiger partial charge on any atom is -0.391 e. The minimum absolute atomic E-state index is 0.126. The van der Waals surface area contributed by atoms with Crippen LogP contribution in [-0.4, -0.2) is 46.9 Å². The molecule has 6 heteroatoms. The highest BCUT2D eigenvalue weighted by Gasteiger charge is 2.30. The van der Waals surface area contributed by atoms with Crippen molar-refractivity contribution in [2.45, 2.75) is 18.6 Å². The number of aliphatic hydroxyl groups is 1. The van der Waals surface area contributed by atoms with Crippen LogP contribution in [0.3, 0.4) is 0 Å². The zero-order valence-electron chi connectivity index (χ0n) is 13.5. The van der Waals surface area contributed by atoms with Crippen LogP contribution >= 0.6 is 0 Å². The second-order valence-corrected chi connectivity index (χ2v) is 5.89. The summed E-state index contributed by atoms with van der Waals surface area (Å²) in [5, 5.41) is 13.1. The lowest BCUT2D eigenvalue weighted by atomic mass is 10.2. The molecule has 2 atom stereocenters. The van der Waals surface area contributed by atoms with Crippen molar-refractivity contribution < 1.29 is 5.11 Å². The Morgan fingerprint density at radius 2 is 2.12 bits per heavy atom. The average Bonchev–Trinajstić information content (AvgIpc) is 3.01. The molecule has 0 bridgehead atoms. The number of nitrogens with two attached hydrogens (primary N) is 1. The highest BCUT2D eigenvalue weighted by atomic mass is 16.3. The van der Waals surface area contributed by atoms with Crippen molar-refractivity contribution in [3.63, 3.8) is 0 Å². The average molecular weight is 325 g/mol. The zero-order valence-corrected chi connectivity index (χ0v) is 13.5. The van der Waals surface area contributed by atoms with E-state index in [-0.39, 0.29) is 12.1 Å². The Hall–Kier alpha value is -2.44. The number of anilines is 2. The van der Waals surface area contributed by atoms with E-state index in [2.05, 4.69) is 44.5 Å². The Kier molecular flexibility index (Phi) is 5.40. The third-order valence-electron chi connectivity index (χ3n) is 4.12. The molecule has 0 radical (unpaired) electrons. The summed E-state index contributed by atoms with van der Waals surface area (Å²) >= 11 is 0. The van der Waals surface area contributed by atoms with Crippen LogP contribution in [0.2, 0.25) is 0 Å². The van der Waals surface area contributed by atoms with Crippen LogP contribution in [0.15, 0.2) is 48.8 Å². The van der Waals surface area contributed by atoms with E-state index in [0.717, 1.165) is 11.6 Å². The normalized spacial score (nSPS) is 20.7. The van der Waals surface area contributed by atoms with Crippen molar-refractivity contribution >= 4 is 17.7 Å². The van der Waals surface area contributed by atoms with Gasteiger partial charge < -0.3 is 21.1 Å². The van der Waals surface area contributed by atoms with Gasteiger partial charge in [0.05, 0.1) is 6.10 Å².